The van der Waals surface area contributed by atoms with Crippen molar-refractivity contribution in [3.05, 3.63) is 71.9 Å². The number of nitrogens with zero attached hydrogens (tertiary/aromatic N) is 4. The van der Waals surface area contributed by atoms with E-state index < -0.39 is 5.91 Å². The van der Waals surface area contributed by atoms with E-state index in [4.69, 9.17) is 11.0 Å². The minimum absolute atomic E-state index is 0.0944. The number of aromatic amines is 1. The summed E-state index contributed by atoms with van der Waals surface area (Å²) in [4.78, 5) is 28.0. The molecule has 4 aromatic rings. The van der Waals surface area contributed by atoms with Crippen LogP contribution in [0, 0.1) is 11.3 Å². The number of aryl methyl sites for hydroxylation is 1. The summed E-state index contributed by atoms with van der Waals surface area (Å²) in [6.45, 7) is 2.04. The fraction of sp³-hybridized carbons (Fsp3) is 0.0870. The zero-order valence-electron chi connectivity index (χ0n) is 16.3. The molecule has 0 fully saturated rings. The van der Waals surface area contributed by atoms with Crippen LogP contribution in [0.4, 0.5) is 0 Å². The molecule has 7 heteroatoms. The Bertz CT molecular complexity index is 1330. The van der Waals surface area contributed by atoms with E-state index in [9.17, 15) is 4.79 Å². The normalized spacial score (nSPS) is 11.4. The second-order valence-electron chi connectivity index (χ2n) is 6.73. The molecule has 3 heterocycles. The van der Waals surface area contributed by atoms with Crippen LogP contribution in [-0.4, -0.2) is 25.8 Å². The molecule has 0 bridgehead atoms. The van der Waals surface area contributed by atoms with Crippen molar-refractivity contribution in [1.29, 1.82) is 5.26 Å². The molecule has 0 radical (unpaired) electrons. The van der Waals surface area contributed by atoms with Gasteiger partial charge in [0.25, 0.3) is 5.91 Å². The molecule has 4 rings (SSSR count). The number of aromatic nitrogens is 4. The van der Waals surface area contributed by atoms with Crippen molar-refractivity contribution in [1.82, 2.24) is 19.9 Å². The predicted octanol–water partition coefficient (Wildman–Crippen LogP) is 3.64. The van der Waals surface area contributed by atoms with Crippen LogP contribution in [0.15, 0.2) is 60.7 Å². The standard InChI is InChI=1S/C23H18N6O/c1-2-18-11-26-13-21(29-18)20-12-28-23-19(20)8-17(10-27-23)15-5-3-4-14(6-15)7-16(9-24)22(25)30/h3-8,10-13H,2H2,1H3,(H2,25,30)(H,27,28)/b16-7+. The highest BCUT2D eigenvalue weighted by Crippen LogP contribution is 2.30. The summed E-state index contributed by atoms with van der Waals surface area (Å²) in [7, 11) is 0. The molecule has 0 aliphatic heterocycles. The fourth-order valence-electron chi connectivity index (χ4n) is 3.21. The number of H-pyrrole nitrogens is 1. The van der Waals surface area contributed by atoms with Crippen LogP contribution >= 0.6 is 0 Å². The highest BCUT2D eigenvalue weighted by atomic mass is 16.1. The van der Waals surface area contributed by atoms with E-state index in [1.54, 1.807) is 18.6 Å². The summed E-state index contributed by atoms with van der Waals surface area (Å²) in [5, 5.41) is 10.0. The summed E-state index contributed by atoms with van der Waals surface area (Å²) >= 11 is 0. The van der Waals surface area contributed by atoms with Crippen LogP contribution < -0.4 is 5.73 Å². The number of rotatable bonds is 5. The molecule has 3 aromatic heterocycles. The Morgan fingerprint density at radius 1 is 1.23 bits per heavy atom. The van der Waals surface area contributed by atoms with Crippen molar-refractivity contribution >= 4 is 23.0 Å². The van der Waals surface area contributed by atoms with Gasteiger partial charge in [-0.1, -0.05) is 25.1 Å². The van der Waals surface area contributed by atoms with Gasteiger partial charge in [-0.05, 0) is 35.8 Å². The largest absolute Gasteiger partial charge is 0.365 e. The van der Waals surface area contributed by atoms with Crippen molar-refractivity contribution in [3.8, 4) is 28.5 Å². The first-order valence-electron chi connectivity index (χ1n) is 9.39. The number of carbonyl (C=O) groups is 1. The molecule has 0 aliphatic carbocycles. The van der Waals surface area contributed by atoms with Crippen LogP contribution in [0.5, 0.6) is 0 Å². The Kier molecular flexibility index (Phi) is 5.06. The van der Waals surface area contributed by atoms with E-state index in [0.717, 1.165) is 45.5 Å². The average Bonchev–Trinajstić information content (AvgIpc) is 3.20. The van der Waals surface area contributed by atoms with Crippen LogP contribution in [0.2, 0.25) is 0 Å². The summed E-state index contributed by atoms with van der Waals surface area (Å²) in [5.74, 6) is -0.752. The highest BCUT2D eigenvalue weighted by molar-refractivity contribution is 6.00. The van der Waals surface area contributed by atoms with Crippen molar-refractivity contribution in [2.75, 3.05) is 0 Å². The lowest BCUT2D eigenvalue weighted by Gasteiger charge is -2.05. The minimum atomic E-state index is -0.752. The molecule has 7 nitrogen and oxygen atoms in total. The number of pyridine rings is 1. The smallest absolute Gasteiger partial charge is 0.259 e. The second kappa shape index (κ2) is 7.97. The average molecular weight is 394 g/mol. The number of primary amides is 1. The number of hydrogen-bond donors (Lipinski definition) is 2. The SMILES string of the molecule is CCc1cncc(-c2c[nH]c3ncc(-c4cccc(/C=C(\C#N)C(N)=O)c4)cc23)n1. The number of amides is 1. The lowest BCUT2D eigenvalue weighted by Crippen LogP contribution is -2.12. The molecule has 0 unspecified atom stereocenters. The zero-order chi connectivity index (χ0) is 21.1. The molecular formula is C23H18N6O. The Labute approximate surface area is 172 Å². The quantitative estimate of drug-likeness (QED) is 0.395. The van der Waals surface area contributed by atoms with Gasteiger partial charge in [0.05, 0.1) is 17.6 Å². The molecule has 0 spiro atoms. The van der Waals surface area contributed by atoms with E-state index in [-0.39, 0.29) is 5.57 Å². The molecule has 30 heavy (non-hydrogen) atoms. The van der Waals surface area contributed by atoms with Gasteiger partial charge in [0, 0.05) is 35.1 Å². The number of benzene rings is 1. The predicted molar refractivity (Wildman–Crippen MR) is 115 cm³/mol. The first-order valence-corrected chi connectivity index (χ1v) is 9.39. The van der Waals surface area contributed by atoms with Gasteiger partial charge in [-0.15, -0.1) is 0 Å². The van der Waals surface area contributed by atoms with E-state index in [0.29, 0.717) is 5.56 Å². The molecule has 0 saturated heterocycles. The topological polar surface area (TPSA) is 121 Å². The van der Waals surface area contributed by atoms with E-state index >= 15 is 0 Å². The van der Waals surface area contributed by atoms with Gasteiger partial charge in [-0.3, -0.25) is 9.78 Å². The van der Waals surface area contributed by atoms with Gasteiger partial charge in [-0.2, -0.15) is 5.26 Å². The molecular weight excluding hydrogens is 376 g/mol. The number of carbonyl (C=O) groups excluding carboxylic acids is 1. The molecule has 1 amide bonds. The minimum Gasteiger partial charge on any atom is -0.365 e. The number of nitriles is 1. The van der Waals surface area contributed by atoms with Gasteiger partial charge in [0.1, 0.15) is 17.3 Å². The zero-order valence-corrected chi connectivity index (χ0v) is 16.3. The number of hydrogen-bond acceptors (Lipinski definition) is 5. The molecule has 3 N–H and O–H groups in total. The Morgan fingerprint density at radius 2 is 2.10 bits per heavy atom. The maximum atomic E-state index is 11.3. The lowest BCUT2D eigenvalue weighted by atomic mass is 10.0. The third-order valence-electron chi connectivity index (χ3n) is 4.77. The second-order valence-corrected chi connectivity index (χ2v) is 6.73. The molecule has 0 atom stereocenters. The lowest BCUT2D eigenvalue weighted by molar-refractivity contribution is -0.114. The molecule has 146 valence electrons. The van der Waals surface area contributed by atoms with E-state index in [1.807, 2.05) is 49.5 Å². The van der Waals surface area contributed by atoms with Gasteiger partial charge < -0.3 is 10.7 Å². The number of nitrogens with one attached hydrogen (secondary N) is 1. The summed E-state index contributed by atoms with van der Waals surface area (Å²) < 4.78 is 0. The third kappa shape index (κ3) is 3.66. The van der Waals surface area contributed by atoms with Crippen molar-refractivity contribution in [2.24, 2.45) is 5.73 Å². The van der Waals surface area contributed by atoms with Crippen LogP contribution in [0.3, 0.4) is 0 Å². The molecule has 0 aliphatic rings. The monoisotopic (exact) mass is 394 g/mol. The van der Waals surface area contributed by atoms with Crippen LogP contribution in [0.1, 0.15) is 18.2 Å². The Morgan fingerprint density at radius 3 is 2.87 bits per heavy atom. The summed E-state index contributed by atoms with van der Waals surface area (Å²) in [6.07, 6.45) is 9.46. The van der Waals surface area contributed by atoms with Crippen LogP contribution in [0.25, 0.3) is 39.5 Å². The maximum Gasteiger partial charge on any atom is 0.259 e. The molecule has 0 saturated carbocycles. The first-order chi connectivity index (χ1) is 14.6. The number of nitrogens with two attached hydrogens (primary N) is 1. The summed E-state index contributed by atoms with van der Waals surface area (Å²) in [6, 6.07) is 11.4. The third-order valence-corrected chi connectivity index (χ3v) is 4.77. The van der Waals surface area contributed by atoms with Gasteiger partial charge in [0.15, 0.2) is 0 Å². The molecule has 1 aromatic carbocycles. The first kappa shape index (κ1) is 19.0. The summed E-state index contributed by atoms with van der Waals surface area (Å²) in [5.41, 5.74) is 11.0. The van der Waals surface area contributed by atoms with Gasteiger partial charge >= 0.3 is 0 Å². The highest BCUT2D eigenvalue weighted by Gasteiger charge is 2.11. The van der Waals surface area contributed by atoms with E-state index in [1.165, 1.54) is 6.08 Å². The Balaban J connectivity index is 1.79. The Hall–Kier alpha value is -4.31. The van der Waals surface area contributed by atoms with Crippen molar-refractivity contribution in [3.63, 3.8) is 0 Å². The van der Waals surface area contributed by atoms with Crippen molar-refractivity contribution in [2.45, 2.75) is 13.3 Å². The van der Waals surface area contributed by atoms with E-state index in [2.05, 4.69) is 19.9 Å². The van der Waals surface area contributed by atoms with Crippen molar-refractivity contribution < 1.29 is 4.79 Å². The number of fused-ring (bicyclic) bond motifs is 1. The van der Waals surface area contributed by atoms with Gasteiger partial charge in [0.2, 0.25) is 0 Å². The fourth-order valence-corrected chi connectivity index (χ4v) is 3.21. The van der Waals surface area contributed by atoms with Gasteiger partial charge in [-0.25, -0.2) is 9.97 Å². The van der Waals surface area contributed by atoms with Crippen LogP contribution in [-0.2, 0) is 11.2 Å². The maximum absolute atomic E-state index is 11.3.